The first-order valence-corrected chi connectivity index (χ1v) is 9.30. The molecular weight excluding hydrogens is 382 g/mol. The van der Waals surface area contributed by atoms with E-state index in [9.17, 15) is 13.6 Å². The van der Waals surface area contributed by atoms with Gasteiger partial charge in [0.2, 0.25) is 5.75 Å². The zero-order valence-corrected chi connectivity index (χ0v) is 16.7. The van der Waals surface area contributed by atoms with E-state index in [1.54, 1.807) is 23.1 Å². The molecule has 6 nitrogen and oxygen atoms in total. The lowest BCUT2D eigenvalue weighted by Crippen LogP contribution is -2.47. The summed E-state index contributed by atoms with van der Waals surface area (Å²) in [7, 11) is 2.72. The van der Waals surface area contributed by atoms with E-state index in [-0.39, 0.29) is 29.2 Å². The molecule has 2 atom stereocenters. The van der Waals surface area contributed by atoms with Gasteiger partial charge in [-0.05, 0) is 37.6 Å². The summed E-state index contributed by atoms with van der Waals surface area (Å²) >= 11 is 0. The molecule has 1 N–H and O–H groups in total. The van der Waals surface area contributed by atoms with E-state index >= 15 is 0 Å². The molecule has 0 bridgehead atoms. The van der Waals surface area contributed by atoms with Crippen LogP contribution >= 0.6 is 0 Å². The van der Waals surface area contributed by atoms with Gasteiger partial charge in [-0.15, -0.1) is 0 Å². The molecule has 0 saturated carbocycles. The van der Waals surface area contributed by atoms with Crippen molar-refractivity contribution in [1.29, 1.82) is 0 Å². The van der Waals surface area contributed by atoms with E-state index in [0.717, 1.165) is 6.42 Å². The van der Waals surface area contributed by atoms with Gasteiger partial charge in [-0.1, -0.05) is 19.1 Å². The summed E-state index contributed by atoms with van der Waals surface area (Å²) in [4.78, 5) is 15.0. The van der Waals surface area contributed by atoms with Crippen molar-refractivity contribution >= 4 is 11.6 Å². The molecule has 1 aliphatic rings. The number of methoxy groups -OCH3 is 2. The number of alkyl halides is 2. The van der Waals surface area contributed by atoms with Gasteiger partial charge >= 0.3 is 6.61 Å². The number of carbonyl (C=O) groups is 1. The molecule has 2 aromatic rings. The monoisotopic (exact) mass is 406 g/mol. The van der Waals surface area contributed by atoms with Gasteiger partial charge in [0.15, 0.2) is 11.5 Å². The molecule has 3 rings (SSSR count). The Morgan fingerprint density at radius 1 is 1.14 bits per heavy atom. The Bertz CT molecular complexity index is 866. The Hall–Kier alpha value is -3.03. The second-order valence-electron chi connectivity index (χ2n) is 6.70. The van der Waals surface area contributed by atoms with Gasteiger partial charge in [-0.3, -0.25) is 4.79 Å². The minimum absolute atomic E-state index is 0.0673. The average molecular weight is 406 g/mol. The molecule has 2 aromatic carbocycles. The molecular formula is C21H24F2N2O4. The van der Waals surface area contributed by atoms with Gasteiger partial charge in [-0.25, -0.2) is 0 Å². The number of para-hydroxylation sites is 1. The number of anilines is 1. The van der Waals surface area contributed by atoms with Crippen molar-refractivity contribution in [2.45, 2.75) is 39.1 Å². The minimum Gasteiger partial charge on any atom is -0.493 e. The van der Waals surface area contributed by atoms with Crippen LogP contribution in [-0.4, -0.2) is 37.7 Å². The minimum atomic E-state index is -3.03. The van der Waals surface area contributed by atoms with Crippen LogP contribution in [0.5, 0.6) is 17.2 Å². The van der Waals surface area contributed by atoms with Crippen molar-refractivity contribution in [3.8, 4) is 17.2 Å². The van der Waals surface area contributed by atoms with Crippen molar-refractivity contribution in [2.24, 2.45) is 0 Å². The van der Waals surface area contributed by atoms with Crippen molar-refractivity contribution in [3.05, 3.63) is 47.5 Å². The number of carbonyl (C=O) groups excluding carboxylic acids is 1. The van der Waals surface area contributed by atoms with Crippen molar-refractivity contribution in [3.63, 3.8) is 0 Å². The molecule has 8 heteroatoms. The number of rotatable bonds is 7. The molecule has 156 valence electrons. The zero-order valence-electron chi connectivity index (χ0n) is 16.7. The topological polar surface area (TPSA) is 60.0 Å². The first-order chi connectivity index (χ1) is 13.9. The lowest BCUT2D eigenvalue weighted by molar-refractivity contribution is -0.0526. The number of nitrogens with zero attached hydrogens (tertiary/aromatic N) is 1. The number of fused-ring (bicyclic) bond motifs is 1. The Labute approximate surface area is 168 Å². The maximum Gasteiger partial charge on any atom is 0.387 e. The molecule has 0 radical (unpaired) electrons. The number of halogens is 2. The van der Waals surface area contributed by atoms with Crippen LogP contribution in [0.1, 0.15) is 42.4 Å². The highest BCUT2D eigenvalue weighted by atomic mass is 19.3. The highest BCUT2D eigenvalue weighted by molar-refractivity contribution is 6.01. The summed E-state index contributed by atoms with van der Waals surface area (Å²) in [6.07, 6.45) is 0.211. The number of ether oxygens (including phenoxy) is 3. The summed E-state index contributed by atoms with van der Waals surface area (Å²) in [6.45, 7) is 0.931. The number of hydrogen-bond acceptors (Lipinski definition) is 5. The summed E-state index contributed by atoms with van der Waals surface area (Å²) in [5.74, 6) is -0.107. The Balaban J connectivity index is 2.13. The normalized spacial score (nSPS) is 16.9. The molecule has 0 aromatic heterocycles. The van der Waals surface area contributed by atoms with Crippen LogP contribution in [0, 0.1) is 0 Å². The number of amides is 1. The predicted octanol–water partition coefficient (Wildman–Crippen LogP) is 4.67. The quantitative estimate of drug-likeness (QED) is 0.724. The summed E-state index contributed by atoms with van der Waals surface area (Å²) in [5.41, 5.74) is 1.91. The van der Waals surface area contributed by atoms with Crippen LogP contribution in [0.25, 0.3) is 0 Å². The fourth-order valence-corrected chi connectivity index (χ4v) is 3.43. The SMILES string of the molecule is CC[C@H](C)N1C(=O)c2ccccc2N[C@@H]1c1cc(OC)c(OC(F)F)c(OC)c1. The van der Waals surface area contributed by atoms with Gasteiger partial charge in [0.1, 0.15) is 6.17 Å². The van der Waals surface area contributed by atoms with Crippen LogP contribution in [-0.2, 0) is 0 Å². The van der Waals surface area contributed by atoms with Crippen LogP contribution in [0.2, 0.25) is 0 Å². The molecule has 1 heterocycles. The average Bonchev–Trinajstić information content (AvgIpc) is 2.72. The largest absolute Gasteiger partial charge is 0.493 e. The van der Waals surface area contributed by atoms with Gasteiger partial charge in [0.25, 0.3) is 5.91 Å². The van der Waals surface area contributed by atoms with E-state index in [4.69, 9.17) is 9.47 Å². The molecule has 0 saturated heterocycles. The molecule has 0 fully saturated rings. The van der Waals surface area contributed by atoms with Gasteiger partial charge in [-0.2, -0.15) is 8.78 Å². The van der Waals surface area contributed by atoms with Gasteiger partial charge in [0.05, 0.1) is 19.8 Å². The highest BCUT2D eigenvalue weighted by Gasteiger charge is 2.36. The van der Waals surface area contributed by atoms with Crippen molar-refractivity contribution < 1.29 is 27.8 Å². The Morgan fingerprint density at radius 2 is 1.76 bits per heavy atom. The third-order valence-electron chi connectivity index (χ3n) is 5.03. The van der Waals surface area contributed by atoms with Gasteiger partial charge in [0, 0.05) is 17.3 Å². The Morgan fingerprint density at radius 3 is 2.31 bits per heavy atom. The number of nitrogens with one attached hydrogen (secondary N) is 1. The van der Waals surface area contributed by atoms with E-state index in [1.165, 1.54) is 14.2 Å². The standard InChI is InChI=1S/C21H24F2N2O4/c1-5-12(2)25-19(24-15-9-7-6-8-14(15)20(25)26)13-10-16(27-3)18(29-21(22)23)17(11-13)28-4/h6-12,19,21,24H,5H2,1-4H3/t12-,19-/m0/s1. The molecule has 0 spiro atoms. The number of benzene rings is 2. The van der Waals surface area contributed by atoms with E-state index in [0.29, 0.717) is 16.8 Å². The fraction of sp³-hybridized carbons (Fsp3) is 0.381. The molecule has 29 heavy (non-hydrogen) atoms. The Kier molecular flexibility index (Phi) is 6.10. The lowest BCUT2D eigenvalue weighted by Gasteiger charge is -2.41. The second kappa shape index (κ2) is 8.55. The van der Waals surface area contributed by atoms with Crippen LogP contribution < -0.4 is 19.5 Å². The van der Waals surface area contributed by atoms with E-state index in [1.807, 2.05) is 32.0 Å². The van der Waals surface area contributed by atoms with Gasteiger partial charge < -0.3 is 24.4 Å². The first kappa shape index (κ1) is 20.7. The maximum absolute atomic E-state index is 13.2. The smallest absolute Gasteiger partial charge is 0.387 e. The van der Waals surface area contributed by atoms with E-state index in [2.05, 4.69) is 10.1 Å². The van der Waals surface area contributed by atoms with Crippen LogP contribution in [0.3, 0.4) is 0 Å². The first-order valence-electron chi connectivity index (χ1n) is 9.30. The maximum atomic E-state index is 13.2. The van der Waals surface area contributed by atoms with Crippen molar-refractivity contribution in [1.82, 2.24) is 4.90 Å². The molecule has 1 amide bonds. The molecule has 1 aliphatic heterocycles. The lowest BCUT2D eigenvalue weighted by atomic mass is 10.00. The summed E-state index contributed by atoms with van der Waals surface area (Å²) in [5, 5.41) is 3.38. The molecule has 0 aliphatic carbocycles. The fourth-order valence-electron chi connectivity index (χ4n) is 3.43. The summed E-state index contributed by atoms with van der Waals surface area (Å²) in [6, 6.07) is 10.4. The zero-order chi connectivity index (χ0) is 21.1. The highest BCUT2D eigenvalue weighted by Crippen LogP contribution is 2.43. The summed E-state index contributed by atoms with van der Waals surface area (Å²) < 4.78 is 40.8. The molecule has 0 unspecified atom stereocenters. The third-order valence-corrected chi connectivity index (χ3v) is 5.03. The van der Waals surface area contributed by atoms with Crippen LogP contribution in [0.15, 0.2) is 36.4 Å². The third kappa shape index (κ3) is 3.92. The number of hydrogen-bond donors (Lipinski definition) is 1. The van der Waals surface area contributed by atoms with E-state index < -0.39 is 12.8 Å². The van der Waals surface area contributed by atoms with Crippen LogP contribution in [0.4, 0.5) is 14.5 Å². The predicted molar refractivity (Wildman–Crippen MR) is 105 cm³/mol. The van der Waals surface area contributed by atoms with Crippen molar-refractivity contribution in [2.75, 3.05) is 19.5 Å². The second-order valence-corrected chi connectivity index (χ2v) is 6.70.